The lowest BCUT2D eigenvalue weighted by Gasteiger charge is -2.15. The fraction of sp³-hybridized carbons (Fsp3) is 0.333. The molecular weight excluding hydrogens is 232 g/mol. The van der Waals surface area contributed by atoms with Crippen LogP contribution in [0, 0.1) is 0 Å². The molecule has 3 nitrogen and oxygen atoms in total. The smallest absolute Gasteiger partial charge is 0.0505 e. The topological polar surface area (TPSA) is 35.5 Å². The van der Waals surface area contributed by atoms with Crippen molar-refractivity contribution in [2.75, 3.05) is 19.0 Å². The molecule has 72 valence electrons. The molecule has 4 heteroatoms. The highest BCUT2D eigenvalue weighted by molar-refractivity contribution is 9.10. The Morgan fingerprint density at radius 2 is 2.15 bits per heavy atom. The van der Waals surface area contributed by atoms with Crippen LogP contribution in [0.2, 0.25) is 0 Å². The van der Waals surface area contributed by atoms with E-state index in [1.165, 1.54) is 0 Å². The van der Waals surface area contributed by atoms with Gasteiger partial charge in [0.25, 0.3) is 0 Å². The SMILES string of the molecule is CN(C)c1ccc(CNO)cc1Br. The zero-order valence-electron chi connectivity index (χ0n) is 7.71. The Labute approximate surface area is 86.5 Å². The van der Waals surface area contributed by atoms with Crippen LogP contribution in [0.3, 0.4) is 0 Å². The van der Waals surface area contributed by atoms with E-state index in [0.29, 0.717) is 6.54 Å². The number of nitrogens with zero attached hydrogens (tertiary/aromatic N) is 1. The summed E-state index contributed by atoms with van der Waals surface area (Å²) in [7, 11) is 3.98. The van der Waals surface area contributed by atoms with Gasteiger partial charge in [-0.2, -0.15) is 0 Å². The summed E-state index contributed by atoms with van der Waals surface area (Å²) in [5, 5.41) is 8.51. The first-order chi connectivity index (χ1) is 6.15. The average molecular weight is 245 g/mol. The minimum atomic E-state index is 0.465. The highest BCUT2D eigenvalue weighted by atomic mass is 79.9. The molecule has 0 unspecified atom stereocenters. The van der Waals surface area contributed by atoms with Crippen LogP contribution in [0.25, 0.3) is 0 Å². The molecule has 0 bridgehead atoms. The molecule has 0 amide bonds. The van der Waals surface area contributed by atoms with Crippen LogP contribution in [0.15, 0.2) is 22.7 Å². The van der Waals surface area contributed by atoms with E-state index in [2.05, 4.69) is 21.4 Å². The van der Waals surface area contributed by atoms with E-state index in [9.17, 15) is 0 Å². The van der Waals surface area contributed by atoms with Crippen LogP contribution in [-0.4, -0.2) is 19.3 Å². The normalized spacial score (nSPS) is 10.2. The molecule has 0 aliphatic rings. The molecule has 13 heavy (non-hydrogen) atoms. The molecule has 0 aromatic heterocycles. The number of hydrogen-bond donors (Lipinski definition) is 2. The van der Waals surface area contributed by atoms with Gasteiger partial charge in [0.2, 0.25) is 0 Å². The van der Waals surface area contributed by atoms with Crippen LogP contribution in [-0.2, 0) is 6.54 Å². The van der Waals surface area contributed by atoms with E-state index >= 15 is 0 Å². The first-order valence-electron chi connectivity index (χ1n) is 3.98. The van der Waals surface area contributed by atoms with Gasteiger partial charge in [-0.3, -0.25) is 0 Å². The molecule has 2 N–H and O–H groups in total. The summed E-state index contributed by atoms with van der Waals surface area (Å²) in [6.07, 6.45) is 0. The molecule has 1 aromatic rings. The monoisotopic (exact) mass is 244 g/mol. The van der Waals surface area contributed by atoms with Crippen LogP contribution in [0.5, 0.6) is 0 Å². The molecule has 0 atom stereocenters. The Morgan fingerprint density at radius 1 is 1.46 bits per heavy atom. The lowest BCUT2D eigenvalue weighted by molar-refractivity contribution is 0.161. The number of halogens is 1. The number of rotatable bonds is 3. The van der Waals surface area contributed by atoms with E-state index in [0.717, 1.165) is 15.7 Å². The quantitative estimate of drug-likeness (QED) is 0.799. The Balaban J connectivity index is 2.92. The summed E-state index contributed by atoms with van der Waals surface area (Å²) in [5.41, 5.74) is 4.29. The number of nitrogens with one attached hydrogen (secondary N) is 1. The van der Waals surface area contributed by atoms with Crippen LogP contribution in [0.4, 0.5) is 5.69 Å². The van der Waals surface area contributed by atoms with Gasteiger partial charge in [-0.1, -0.05) is 6.07 Å². The van der Waals surface area contributed by atoms with Crippen molar-refractivity contribution in [3.05, 3.63) is 28.2 Å². The number of benzene rings is 1. The van der Waals surface area contributed by atoms with Crippen LogP contribution >= 0.6 is 15.9 Å². The third kappa shape index (κ3) is 2.69. The second kappa shape index (κ2) is 4.60. The summed E-state index contributed by atoms with van der Waals surface area (Å²) in [6, 6.07) is 5.97. The van der Waals surface area contributed by atoms with Crippen molar-refractivity contribution in [1.82, 2.24) is 5.48 Å². The van der Waals surface area contributed by atoms with Crippen molar-refractivity contribution in [3.63, 3.8) is 0 Å². The van der Waals surface area contributed by atoms with Gasteiger partial charge in [0.15, 0.2) is 0 Å². The zero-order chi connectivity index (χ0) is 9.84. The predicted molar refractivity (Wildman–Crippen MR) is 57.1 cm³/mol. The Bertz CT molecular complexity index is 289. The Kier molecular flexibility index (Phi) is 3.71. The molecule has 0 heterocycles. The van der Waals surface area contributed by atoms with Crippen molar-refractivity contribution in [2.24, 2.45) is 0 Å². The average Bonchev–Trinajstić information content (AvgIpc) is 2.04. The lowest BCUT2D eigenvalue weighted by Crippen LogP contribution is -2.10. The fourth-order valence-corrected chi connectivity index (χ4v) is 1.90. The molecule has 1 rings (SSSR count). The van der Waals surface area contributed by atoms with Gasteiger partial charge in [-0.05, 0) is 33.6 Å². The Morgan fingerprint density at radius 3 is 2.62 bits per heavy atom. The van der Waals surface area contributed by atoms with Crippen molar-refractivity contribution in [3.8, 4) is 0 Å². The second-order valence-electron chi connectivity index (χ2n) is 3.02. The zero-order valence-corrected chi connectivity index (χ0v) is 9.30. The van der Waals surface area contributed by atoms with E-state index in [1.54, 1.807) is 0 Å². The van der Waals surface area contributed by atoms with Crippen LogP contribution < -0.4 is 10.4 Å². The molecule has 0 spiro atoms. The number of hydrogen-bond acceptors (Lipinski definition) is 3. The molecule has 0 fully saturated rings. The summed E-state index contributed by atoms with van der Waals surface area (Å²) < 4.78 is 1.03. The van der Waals surface area contributed by atoms with Crippen molar-refractivity contribution >= 4 is 21.6 Å². The van der Waals surface area contributed by atoms with Crippen molar-refractivity contribution in [2.45, 2.75) is 6.54 Å². The predicted octanol–water partition coefficient (Wildman–Crippen LogP) is 1.99. The molecule has 0 aliphatic carbocycles. The van der Waals surface area contributed by atoms with Gasteiger partial charge in [0.1, 0.15) is 0 Å². The van der Waals surface area contributed by atoms with Gasteiger partial charge < -0.3 is 10.1 Å². The first kappa shape index (κ1) is 10.5. The van der Waals surface area contributed by atoms with Crippen LogP contribution in [0.1, 0.15) is 5.56 Å². The third-order valence-corrected chi connectivity index (χ3v) is 2.41. The molecule has 0 aliphatic heterocycles. The van der Waals surface area contributed by atoms with Gasteiger partial charge in [-0.25, -0.2) is 5.48 Å². The van der Waals surface area contributed by atoms with E-state index in [4.69, 9.17) is 5.21 Å². The van der Waals surface area contributed by atoms with E-state index in [-0.39, 0.29) is 0 Å². The van der Waals surface area contributed by atoms with Crippen molar-refractivity contribution in [1.29, 1.82) is 0 Å². The van der Waals surface area contributed by atoms with Gasteiger partial charge in [0.05, 0.1) is 5.69 Å². The molecule has 1 aromatic carbocycles. The highest BCUT2D eigenvalue weighted by Gasteiger charge is 2.02. The highest BCUT2D eigenvalue weighted by Crippen LogP contribution is 2.25. The maximum Gasteiger partial charge on any atom is 0.0505 e. The van der Waals surface area contributed by atoms with Gasteiger partial charge in [0, 0.05) is 25.1 Å². The number of hydroxylamine groups is 1. The Hall–Kier alpha value is -0.580. The largest absolute Gasteiger partial charge is 0.377 e. The lowest BCUT2D eigenvalue weighted by atomic mass is 10.2. The standard InChI is InChI=1S/C9H13BrN2O/c1-12(2)9-4-3-7(6-11-13)5-8(9)10/h3-5,11,13H,6H2,1-2H3. The summed E-state index contributed by atoms with van der Waals surface area (Å²) in [6.45, 7) is 0.465. The molecular formula is C9H13BrN2O. The minimum absolute atomic E-state index is 0.465. The molecule has 0 radical (unpaired) electrons. The molecule has 0 saturated heterocycles. The third-order valence-electron chi connectivity index (χ3n) is 1.78. The number of anilines is 1. The van der Waals surface area contributed by atoms with E-state index in [1.807, 2.05) is 37.2 Å². The second-order valence-corrected chi connectivity index (χ2v) is 3.87. The van der Waals surface area contributed by atoms with E-state index < -0.39 is 0 Å². The summed E-state index contributed by atoms with van der Waals surface area (Å²) >= 11 is 3.47. The fourth-order valence-electron chi connectivity index (χ4n) is 1.11. The van der Waals surface area contributed by atoms with Gasteiger partial charge in [-0.15, -0.1) is 0 Å². The summed E-state index contributed by atoms with van der Waals surface area (Å²) in [4.78, 5) is 2.03. The van der Waals surface area contributed by atoms with Crippen molar-refractivity contribution < 1.29 is 5.21 Å². The minimum Gasteiger partial charge on any atom is -0.377 e. The maximum absolute atomic E-state index is 8.51. The summed E-state index contributed by atoms with van der Waals surface area (Å²) in [5.74, 6) is 0. The first-order valence-corrected chi connectivity index (χ1v) is 4.77. The molecule has 0 saturated carbocycles. The maximum atomic E-state index is 8.51. The van der Waals surface area contributed by atoms with Gasteiger partial charge >= 0.3 is 0 Å².